The molecule has 0 fully saturated rings. The van der Waals surface area contributed by atoms with Crippen molar-refractivity contribution in [3.8, 4) is 17.2 Å². The summed E-state index contributed by atoms with van der Waals surface area (Å²) >= 11 is 11.7. The molecule has 0 saturated carbocycles. The first kappa shape index (κ1) is 36.9. The molecule has 10 nitrogen and oxygen atoms in total. The van der Waals surface area contributed by atoms with E-state index in [0.29, 0.717) is 50.3 Å². The van der Waals surface area contributed by atoms with Crippen LogP contribution in [0, 0.1) is 7.14 Å². The Morgan fingerprint density at radius 2 is 1.69 bits per heavy atom. The highest BCUT2D eigenvalue weighted by molar-refractivity contribution is 14.1. The van der Waals surface area contributed by atoms with Gasteiger partial charge in [0.05, 0.1) is 49.3 Å². The van der Waals surface area contributed by atoms with Crippen LogP contribution in [-0.2, 0) is 25.7 Å². The molecule has 2 heterocycles. The van der Waals surface area contributed by atoms with Crippen molar-refractivity contribution in [3.63, 3.8) is 0 Å². The van der Waals surface area contributed by atoms with Gasteiger partial charge in [-0.15, -0.1) is 0 Å². The van der Waals surface area contributed by atoms with Gasteiger partial charge >= 0.3 is 11.9 Å². The van der Waals surface area contributed by atoms with Gasteiger partial charge in [-0.05, 0) is 125 Å². The summed E-state index contributed by atoms with van der Waals surface area (Å²) in [5.41, 5.74) is 2.72. The number of benzene rings is 3. The van der Waals surface area contributed by atoms with E-state index >= 15 is 0 Å². The number of hydrogen-bond donors (Lipinski definition) is 0. The van der Waals surface area contributed by atoms with Crippen LogP contribution in [0.3, 0.4) is 0 Å². The Balaban J connectivity index is 1.56. The van der Waals surface area contributed by atoms with Crippen LogP contribution in [-0.4, -0.2) is 43.4 Å². The average molecular weight is 929 g/mol. The van der Waals surface area contributed by atoms with Crippen LogP contribution in [0.1, 0.15) is 43.5 Å². The van der Waals surface area contributed by atoms with E-state index in [1.165, 1.54) is 23.0 Å². The third kappa shape index (κ3) is 8.49. The molecule has 14 heteroatoms. The van der Waals surface area contributed by atoms with Crippen molar-refractivity contribution in [2.24, 2.45) is 4.99 Å². The summed E-state index contributed by atoms with van der Waals surface area (Å²) in [4.78, 5) is 44.4. The normalized spacial score (nSPS) is 14.2. The monoisotopic (exact) mass is 928 g/mol. The van der Waals surface area contributed by atoms with Crippen molar-refractivity contribution in [2.45, 2.75) is 33.4 Å². The minimum atomic E-state index is -0.866. The summed E-state index contributed by atoms with van der Waals surface area (Å²) in [6, 6.07) is 15.6. The number of nitrogens with zero attached hydrogens (tertiary/aromatic N) is 2. The minimum absolute atomic E-state index is 0.147. The number of fused-ring (bicyclic) bond motifs is 1. The van der Waals surface area contributed by atoms with Gasteiger partial charge in [-0.3, -0.25) is 9.36 Å². The summed E-state index contributed by atoms with van der Waals surface area (Å²) in [5, 5.41) is 0.663. The smallest absolute Gasteiger partial charge is 0.343 e. The van der Waals surface area contributed by atoms with E-state index in [-0.39, 0.29) is 24.3 Å². The highest BCUT2D eigenvalue weighted by Crippen LogP contribution is 2.37. The second-order valence-electron chi connectivity index (χ2n) is 10.5. The van der Waals surface area contributed by atoms with Crippen molar-refractivity contribution in [1.29, 1.82) is 0 Å². The molecule has 0 saturated heterocycles. The van der Waals surface area contributed by atoms with Gasteiger partial charge in [-0.25, -0.2) is 14.6 Å². The number of halogens is 3. The van der Waals surface area contributed by atoms with E-state index in [9.17, 15) is 14.4 Å². The van der Waals surface area contributed by atoms with Crippen LogP contribution < -0.4 is 29.1 Å². The predicted molar refractivity (Wildman–Crippen MR) is 203 cm³/mol. The number of carbonyl (C=O) groups excluding carboxylic acids is 2. The Kier molecular flexibility index (Phi) is 12.4. The summed E-state index contributed by atoms with van der Waals surface area (Å²) in [5.74, 6) is 0.267. The number of rotatable bonds is 12. The molecular formula is C35H31ClI2N2O8S. The summed E-state index contributed by atoms with van der Waals surface area (Å²) in [7, 11) is 1.27. The number of aromatic nitrogens is 1. The van der Waals surface area contributed by atoms with Crippen LogP contribution in [0.15, 0.2) is 75.7 Å². The molecule has 0 spiro atoms. The zero-order valence-corrected chi connectivity index (χ0v) is 32.8. The largest absolute Gasteiger partial charge is 0.490 e. The van der Waals surface area contributed by atoms with Gasteiger partial charge < -0.3 is 23.7 Å². The number of methoxy groups -OCH3 is 1. The Hall–Kier alpha value is -3.41. The number of thiazole rings is 1. The molecule has 0 aliphatic carbocycles. The number of hydrogen-bond acceptors (Lipinski definition) is 10. The molecule has 4 aromatic rings. The molecule has 0 unspecified atom stereocenters. The van der Waals surface area contributed by atoms with E-state index < -0.39 is 18.0 Å². The standard InChI is InChI=1S/C35H31ClI2N2O8S/c1-5-45-27-16-22(9-12-26(27)47-18-29(41)44-4)31-30(34(43)46-6-2)19(3)39-35-40(31)33(42)28(49-35)15-21-13-24(37)32(25(38)14-21)48-17-20-7-10-23(36)11-8-20/h7-16,31H,5-6,17-18H2,1-4H3/b28-15-/t31-/m1/s1. The molecule has 0 N–H and O–H groups in total. The van der Waals surface area contributed by atoms with Gasteiger partial charge in [0.1, 0.15) is 12.4 Å². The maximum absolute atomic E-state index is 14.2. The molecule has 1 atom stereocenters. The average Bonchev–Trinajstić information content (AvgIpc) is 3.37. The van der Waals surface area contributed by atoms with Crippen LogP contribution in [0.4, 0.5) is 0 Å². The first-order valence-corrected chi connectivity index (χ1v) is 18.4. The van der Waals surface area contributed by atoms with Gasteiger partial charge in [0.15, 0.2) is 22.9 Å². The van der Waals surface area contributed by atoms with Crippen molar-refractivity contribution in [3.05, 3.63) is 114 Å². The molecule has 49 heavy (non-hydrogen) atoms. The minimum Gasteiger partial charge on any atom is -0.490 e. The fourth-order valence-electron chi connectivity index (χ4n) is 5.07. The molecule has 1 aromatic heterocycles. The SMILES string of the molecule is CCOC(=O)C1=C(C)N=c2s/c(=C\c3cc(I)c(OCc4ccc(Cl)cc4)c(I)c3)c(=O)n2[C@@H]1c1ccc(OCC(=O)OC)c(OCC)c1. The van der Waals surface area contributed by atoms with Crippen molar-refractivity contribution in [1.82, 2.24) is 4.57 Å². The maximum Gasteiger partial charge on any atom is 0.343 e. The second kappa shape index (κ2) is 16.5. The van der Waals surface area contributed by atoms with Gasteiger partial charge in [0.2, 0.25) is 0 Å². The van der Waals surface area contributed by atoms with Gasteiger partial charge in [-0.1, -0.05) is 41.1 Å². The molecular weight excluding hydrogens is 898 g/mol. The second-order valence-corrected chi connectivity index (χ2v) is 14.3. The molecule has 0 amide bonds. The quantitative estimate of drug-likeness (QED) is 0.122. The molecule has 0 bridgehead atoms. The third-order valence-electron chi connectivity index (χ3n) is 7.29. The Morgan fingerprint density at radius 3 is 2.35 bits per heavy atom. The Labute approximate surface area is 318 Å². The van der Waals surface area contributed by atoms with Crippen molar-refractivity contribution >= 4 is 86.1 Å². The van der Waals surface area contributed by atoms with Crippen molar-refractivity contribution in [2.75, 3.05) is 26.9 Å². The molecule has 1 aliphatic rings. The Bertz CT molecular complexity index is 2090. The summed E-state index contributed by atoms with van der Waals surface area (Å²) < 4.78 is 31.5. The van der Waals surface area contributed by atoms with Gasteiger partial charge in [-0.2, -0.15) is 0 Å². The van der Waals surface area contributed by atoms with Gasteiger partial charge in [0.25, 0.3) is 5.56 Å². The number of allylic oxidation sites excluding steroid dienone is 1. The fourth-order valence-corrected chi connectivity index (χ4v) is 8.37. The lowest BCUT2D eigenvalue weighted by molar-refractivity contribution is -0.143. The maximum atomic E-state index is 14.2. The molecule has 3 aromatic carbocycles. The zero-order valence-electron chi connectivity index (χ0n) is 26.9. The van der Waals surface area contributed by atoms with Crippen LogP contribution in [0.25, 0.3) is 6.08 Å². The Morgan fingerprint density at radius 1 is 0.980 bits per heavy atom. The first-order valence-electron chi connectivity index (χ1n) is 15.1. The van der Waals surface area contributed by atoms with Crippen LogP contribution >= 0.6 is 68.1 Å². The molecule has 0 radical (unpaired) electrons. The topological polar surface area (TPSA) is 115 Å². The van der Waals surface area contributed by atoms with Crippen molar-refractivity contribution < 1.29 is 33.3 Å². The van der Waals surface area contributed by atoms with E-state index in [1.807, 2.05) is 49.4 Å². The molecule has 256 valence electrons. The first-order chi connectivity index (χ1) is 23.5. The molecule has 5 rings (SSSR count). The summed E-state index contributed by atoms with van der Waals surface area (Å²) in [6.07, 6.45) is 1.81. The lowest BCUT2D eigenvalue weighted by Gasteiger charge is -2.25. The van der Waals surface area contributed by atoms with Crippen LogP contribution in [0.5, 0.6) is 17.2 Å². The molecule has 1 aliphatic heterocycles. The highest BCUT2D eigenvalue weighted by atomic mass is 127. The van der Waals surface area contributed by atoms with E-state index in [0.717, 1.165) is 24.0 Å². The van der Waals surface area contributed by atoms with E-state index in [4.69, 9.17) is 30.5 Å². The van der Waals surface area contributed by atoms with Gasteiger partial charge in [0, 0.05) is 5.02 Å². The number of carbonyl (C=O) groups is 2. The number of ether oxygens (including phenoxy) is 5. The lowest BCUT2D eigenvalue weighted by atomic mass is 9.95. The lowest BCUT2D eigenvalue weighted by Crippen LogP contribution is -2.40. The predicted octanol–water partition coefficient (Wildman–Crippen LogP) is 6.19. The van der Waals surface area contributed by atoms with E-state index in [1.54, 1.807) is 32.0 Å². The summed E-state index contributed by atoms with van der Waals surface area (Å²) in [6.45, 7) is 5.78. The third-order valence-corrected chi connectivity index (χ3v) is 10.1. The fraction of sp³-hybridized carbons (Fsp3) is 0.257. The highest BCUT2D eigenvalue weighted by Gasteiger charge is 2.34. The number of esters is 2. The zero-order chi connectivity index (χ0) is 35.2. The van der Waals surface area contributed by atoms with E-state index in [2.05, 4.69) is 54.9 Å². The van der Waals surface area contributed by atoms with Crippen LogP contribution in [0.2, 0.25) is 5.02 Å².